The first kappa shape index (κ1) is 17.5. The smallest absolute Gasteiger partial charge is 0.408 e. The first-order valence-electron chi connectivity index (χ1n) is 7.74. The number of alkyl carbamates (subject to hydrolysis) is 1. The van der Waals surface area contributed by atoms with Crippen LogP contribution >= 0.6 is 0 Å². The number of benzene rings is 2. The molecule has 2 aromatic rings. The van der Waals surface area contributed by atoms with Gasteiger partial charge in [-0.05, 0) is 17.0 Å². The Morgan fingerprint density at radius 3 is 2.08 bits per heavy atom. The molecule has 0 aliphatic rings. The summed E-state index contributed by atoms with van der Waals surface area (Å²) < 4.78 is 5.19. The van der Waals surface area contributed by atoms with E-state index in [1.807, 2.05) is 30.3 Å². The largest absolute Gasteiger partial charge is 0.479 e. The number of nitrogens with one attached hydrogen (secondary N) is 1. The van der Waals surface area contributed by atoms with Crippen LogP contribution in [0.3, 0.4) is 0 Å². The standard InChI is InChI=1S/C19H21NO4/c1-14(2)19(17(21)22,16-11-7-4-8-12-16)20-18(23)24-13-15-9-5-3-6-10-15/h3-12,14H,13H2,1-2H3,(H,20,23)(H,21,22). The Bertz CT molecular complexity index is 685. The highest BCUT2D eigenvalue weighted by molar-refractivity contribution is 5.86. The number of carbonyl (C=O) groups excluding carboxylic acids is 1. The van der Waals surface area contributed by atoms with E-state index in [4.69, 9.17) is 4.74 Å². The summed E-state index contributed by atoms with van der Waals surface area (Å²) in [7, 11) is 0. The molecule has 1 amide bonds. The van der Waals surface area contributed by atoms with Crippen LogP contribution < -0.4 is 5.32 Å². The Morgan fingerprint density at radius 2 is 1.58 bits per heavy atom. The van der Waals surface area contributed by atoms with Gasteiger partial charge in [0.15, 0.2) is 5.54 Å². The maximum atomic E-state index is 12.2. The lowest BCUT2D eigenvalue weighted by molar-refractivity contribution is -0.147. The van der Waals surface area contributed by atoms with E-state index in [-0.39, 0.29) is 12.5 Å². The molecule has 24 heavy (non-hydrogen) atoms. The third-order valence-electron chi connectivity index (χ3n) is 3.94. The van der Waals surface area contributed by atoms with E-state index in [1.54, 1.807) is 44.2 Å². The lowest BCUT2D eigenvalue weighted by Crippen LogP contribution is -2.55. The van der Waals surface area contributed by atoms with Crippen LogP contribution in [0.4, 0.5) is 4.79 Å². The van der Waals surface area contributed by atoms with Gasteiger partial charge in [-0.3, -0.25) is 0 Å². The molecule has 0 aliphatic carbocycles. The summed E-state index contributed by atoms with van der Waals surface area (Å²) in [5.74, 6) is -1.50. The zero-order valence-corrected chi connectivity index (χ0v) is 13.7. The van der Waals surface area contributed by atoms with Gasteiger partial charge in [0.05, 0.1) is 0 Å². The van der Waals surface area contributed by atoms with Gasteiger partial charge in [0.1, 0.15) is 6.61 Å². The second kappa shape index (κ2) is 7.64. The highest BCUT2D eigenvalue weighted by Gasteiger charge is 2.45. The van der Waals surface area contributed by atoms with E-state index in [0.717, 1.165) is 5.56 Å². The fraction of sp³-hybridized carbons (Fsp3) is 0.263. The molecule has 0 bridgehead atoms. The molecule has 1 atom stereocenters. The van der Waals surface area contributed by atoms with Crippen molar-refractivity contribution in [3.05, 3.63) is 71.8 Å². The maximum Gasteiger partial charge on any atom is 0.408 e. The molecule has 5 heteroatoms. The number of aliphatic carboxylic acids is 1. The van der Waals surface area contributed by atoms with E-state index >= 15 is 0 Å². The molecule has 0 fully saturated rings. The van der Waals surface area contributed by atoms with Crippen LogP contribution in [0.2, 0.25) is 0 Å². The van der Waals surface area contributed by atoms with Gasteiger partial charge < -0.3 is 15.2 Å². The van der Waals surface area contributed by atoms with Crippen LogP contribution in [-0.4, -0.2) is 17.2 Å². The minimum Gasteiger partial charge on any atom is -0.479 e. The van der Waals surface area contributed by atoms with Crippen molar-refractivity contribution in [2.45, 2.75) is 26.0 Å². The Kier molecular flexibility index (Phi) is 5.58. The van der Waals surface area contributed by atoms with Crippen molar-refractivity contribution in [1.82, 2.24) is 5.32 Å². The summed E-state index contributed by atoms with van der Waals surface area (Å²) >= 11 is 0. The molecule has 126 valence electrons. The van der Waals surface area contributed by atoms with Crippen molar-refractivity contribution in [3.8, 4) is 0 Å². The molecule has 0 saturated carbocycles. The number of amides is 1. The monoisotopic (exact) mass is 327 g/mol. The average Bonchev–Trinajstić information content (AvgIpc) is 2.59. The molecule has 1 unspecified atom stereocenters. The van der Waals surface area contributed by atoms with Gasteiger partial charge in [-0.2, -0.15) is 0 Å². The summed E-state index contributed by atoms with van der Waals surface area (Å²) in [5, 5.41) is 12.4. The van der Waals surface area contributed by atoms with Gasteiger partial charge in [0.25, 0.3) is 0 Å². The maximum absolute atomic E-state index is 12.2. The summed E-state index contributed by atoms with van der Waals surface area (Å²) in [4.78, 5) is 24.2. The van der Waals surface area contributed by atoms with E-state index < -0.39 is 17.6 Å². The number of ether oxygens (including phenoxy) is 1. The van der Waals surface area contributed by atoms with E-state index in [9.17, 15) is 14.7 Å². The molecule has 0 aromatic heterocycles. The molecule has 0 heterocycles. The van der Waals surface area contributed by atoms with Crippen LogP contribution in [0.1, 0.15) is 25.0 Å². The fourth-order valence-electron chi connectivity index (χ4n) is 2.59. The molecular weight excluding hydrogens is 306 g/mol. The predicted molar refractivity (Wildman–Crippen MR) is 90.4 cm³/mol. The Morgan fingerprint density at radius 1 is 1.04 bits per heavy atom. The Balaban J connectivity index is 2.19. The van der Waals surface area contributed by atoms with Crippen molar-refractivity contribution in [2.75, 3.05) is 0 Å². The Hall–Kier alpha value is -2.82. The molecule has 0 aliphatic heterocycles. The average molecular weight is 327 g/mol. The first-order chi connectivity index (χ1) is 11.5. The molecule has 0 spiro atoms. The van der Waals surface area contributed by atoms with Crippen molar-refractivity contribution in [3.63, 3.8) is 0 Å². The van der Waals surface area contributed by atoms with E-state index in [1.165, 1.54) is 0 Å². The quantitative estimate of drug-likeness (QED) is 0.851. The SMILES string of the molecule is CC(C)C(NC(=O)OCc1ccccc1)(C(=O)O)c1ccccc1. The van der Waals surface area contributed by atoms with Gasteiger partial charge in [0.2, 0.25) is 0 Å². The molecule has 2 aromatic carbocycles. The van der Waals surface area contributed by atoms with Gasteiger partial charge in [0, 0.05) is 0 Å². The number of hydrogen-bond donors (Lipinski definition) is 2. The molecule has 0 radical (unpaired) electrons. The second-order valence-corrected chi connectivity index (χ2v) is 5.82. The highest BCUT2D eigenvalue weighted by atomic mass is 16.5. The minimum atomic E-state index is -1.55. The zero-order valence-electron chi connectivity index (χ0n) is 13.7. The number of carbonyl (C=O) groups is 2. The van der Waals surface area contributed by atoms with E-state index in [2.05, 4.69) is 5.32 Å². The highest BCUT2D eigenvalue weighted by Crippen LogP contribution is 2.30. The van der Waals surface area contributed by atoms with Gasteiger partial charge in [-0.25, -0.2) is 9.59 Å². The number of carboxylic acid groups (broad SMARTS) is 1. The zero-order chi connectivity index (χ0) is 17.6. The molecule has 2 rings (SSSR count). The van der Waals surface area contributed by atoms with Crippen LogP contribution in [0.25, 0.3) is 0 Å². The lowest BCUT2D eigenvalue weighted by atomic mass is 9.80. The summed E-state index contributed by atoms with van der Waals surface area (Å²) in [6.45, 7) is 3.58. The van der Waals surface area contributed by atoms with Gasteiger partial charge >= 0.3 is 12.1 Å². The minimum absolute atomic E-state index is 0.0786. The number of carboxylic acids is 1. The normalized spacial score (nSPS) is 13.1. The molecular formula is C19H21NO4. The van der Waals surface area contributed by atoms with Crippen LogP contribution in [0.5, 0.6) is 0 Å². The predicted octanol–water partition coefficient (Wildman–Crippen LogP) is 3.55. The van der Waals surface area contributed by atoms with Crippen molar-refractivity contribution < 1.29 is 19.4 Å². The van der Waals surface area contributed by atoms with Crippen LogP contribution in [0, 0.1) is 5.92 Å². The second-order valence-electron chi connectivity index (χ2n) is 5.82. The third-order valence-corrected chi connectivity index (χ3v) is 3.94. The van der Waals surface area contributed by atoms with Gasteiger partial charge in [-0.15, -0.1) is 0 Å². The number of rotatable bonds is 6. The summed E-state index contributed by atoms with van der Waals surface area (Å²) in [6, 6.07) is 17.9. The summed E-state index contributed by atoms with van der Waals surface area (Å²) in [6.07, 6.45) is -0.765. The molecule has 5 nitrogen and oxygen atoms in total. The topological polar surface area (TPSA) is 75.6 Å². The van der Waals surface area contributed by atoms with Crippen LogP contribution in [0.15, 0.2) is 60.7 Å². The summed E-state index contributed by atoms with van der Waals surface area (Å²) in [5.41, 5.74) is -0.211. The van der Waals surface area contributed by atoms with Crippen molar-refractivity contribution in [2.24, 2.45) is 5.92 Å². The van der Waals surface area contributed by atoms with Crippen molar-refractivity contribution >= 4 is 12.1 Å². The molecule has 0 saturated heterocycles. The van der Waals surface area contributed by atoms with Crippen LogP contribution in [-0.2, 0) is 21.7 Å². The van der Waals surface area contributed by atoms with E-state index in [0.29, 0.717) is 5.56 Å². The fourth-order valence-corrected chi connectivity index (χ4v) is 2.59. The first-order valence-corrected chi connectivity index (χ1v) is 7.74. The van der Waals surface area contributed by atoms with Gasteiger partial charge in [-0.1, -0.05) is 74.5 Å². The third kappa shape index (κ3) is 3.74. The Labute approximate surface area is 141 Å². The van der Waals surface area contributed by atoms with Crippen molar-refractivity contribution in [1.29, 1.82) is 0 Å². The number of hydrogen-bond acceptors (Lipinski definition) is 3. The molecule has 2 N–H and O–H groups in total. The lowest BCUT2D eigenvalue weighted by Gasteiger charge is -2.34.